The fourth-order valence-electron chi connectivity index (χ4n) is 3.28. The molecule has 1 heterocycles. The topological polar surface area (TPSA) is 60.2 Å². The van der Waals surface area contributed by atoms with Crippen molar-refractivity contribution >= 4 is 22.4 Å². The third-order valence-corrected chi connectivity index (χ3v) is 4.83. The van der Waals surface area contributed by atoms with Gasteiger partial charge in [-0.25, -0.2) is 4.68 Å². The van der Waals surface area contributed by atoms with Crippen LogP contribution in [-0.2, 0) is 0 Å². The van der Waals surface area contributed by atoms with E-state index >= 15 is 0 Å². The summed E-state index contributed by atoms with van der Waals surface area (Å²) in [5.74, 6) is 0.510. The van der Waals surface area contributed by atoms with Crippen LogP contribution >= 0.6 is 0 Å². The largest absolute Gasteiger partial charge is 0.497 e. The van der Waals surface area contributed by atoms with E-state index < -0.39 is 0 Å². The molecule has 1 amide bonds. The minimum absolute atomic E-state index is 0.206. The lowest BCUT2D eigenvalue weighted by atomic mass is 10.1. The van der Waals surface area contributed by atoms with Gasteiger partial charge in [0.25, 0.3) is 5.91 Å². The van der Waals surface area contributed by atoms with E-state index in [-0.39, 0.29) is 5.91 Å². The number of amides is 1. The molecule has 0 bridgehead atoms. The van der Waals surface area contributed by atoms with E-state index in [1.807, 2.05) is 73.7 Å². The first kappa shape index (κ1) is 17.7. The number of carbonyl (C=O) groups excluding carboxylic acids is 1. The maximum atomic E-state index is 13.2. The number of carbonyl (C=O) groups is 1. The highest BCUT2D eigenvalue weighted by molar-refractivity contribution is 6.10. The smallest absolute Gasteiger partial charge is 0.280 e. The minimum atomic E-state index is -0.206. The molecule has 6 nitrogen and oxygen atoms in total. The summed E-state index contributed by atoms with van der Waals surface area (Å²) in [5, 5.41) is 10.4. The van der Waals surface area contributed by atoms with Crippen molar-refractivity contribution in [1.82, 2.24) is 15.0 Å². The van der Waals surface area contributed by atoms with Crippen molar-refractivity contribution in [1.29, 1.82) is 0 Å². The summed E-state index contributed by atoms with van der Waals surface area (Å²) in [5.41, 5.74) is 2.61. The van der Waals surface area contributed by atoms with Crippen molar-refractivity contribution in [3.05, 3.63) is 78.1 Å². The Bertz CT molecular complexity index is 1160. The molecule has 1 aromatic heterocycles. The monoisotopic (exact) mass is 372 g/mol. The lowest BCUT2D eigenvalue weighted by Gasteiger charge is -2.18. The second kappa shape index (κ2) is 7.15. The van der Waals surface area contributed by atoms with Gasteiger partial charge in [-0.2, -0.15) is 0 Å². The molecule has 0 saturated heterocycles. The summed E-state index contributed by atoms with van der Waals surface area (Å²) in [6.45, 7) is 1.84. The second-order valence-corrected chi connectivity index (χ2v) is 6.50. The normalized spacial score (nSPS) is 10.8. The Morgan fingerprint density at radius 2 is 1.79 bits per heavy atom. The van der Waals surface area contributed by atoms with Crippen LogP contribution in [0.25, 0.3) is 16.5 Å². The van der Waals surface area contributed by atoms with E-state index in [0.717, 1.165) is 22.1 Å². The molecular weight excluding hydrogens is 352 g/mol. The van der Waals surface area contributed by atoms with Gasteiger partial charge in [0, 0.05) is 18.5 Å². The number of methoxy groups -OCH3 is 1. The minimum Gasteiger partial charge on any atom is -0.497 e. The van der Waals surface area contributed by atoms with Crippen molar-refractivity contribution in [2.24, 2.45) is 0 Å². The van der Waals surface area contributed by atoms with E-state index in [0.29, 0.717) is 17.1 Å². The number of rotatable bonds is 4. The summed E-state index contributed by atoms with van der Waals surface area (Å²) in [6, 6.07) is 21.4. The Morgan fingerprint density at radius 3 is 2.61 bits per heavy atom. The average molecular weight is 372 g/mol. The predicted octanol–water partition coefficient (Wildman–Crippen LogP) is 4.01. The Morgan fingerprint density at radius 1 is 1.04 bits per heavy atom. The van der Waals surface area contributed by atoms with Crippen LogP contribution in [0.15, 0.2) is 66.7 Å². The van der Waals surface area contributed by atoms with Crippen molar-refractivity contribution in [3.63, 3.8) is 0 Å². The highest BCUT2D eigenvalue weighted by Gasteiger charge is 2.22. The molecule has 0 aliphatic rings. The Kier molecular flexibility index (Phi) is 4.53. The number of fused-ring (bicyclic) bond motifs is 1. The van der Waals surface area contributed by atoms with Crippen LogP contribution in [0.3, 0.4) is 0 Å². The van der Waals surface area contributed by atoms with Gasteiger partial charge in [0.15, 0.2) is 5.69 Å². The SMILES string of the molecule is COc1cccc(-n2nnc(C(=O)N(C)c3cccc4ccccc34)c2C)c1. The molecule has 0 fully saturated rings. The molecule has 0 spiro atoms. The fourth-order valence-corrected chi connectivity index (χ4v) is 3.28. The van der Waals surface area contributed by atoms with Crippen LogP contribution < -0.4 is 9.64 Å². The number of hydrogen-bond donors (Lipinski definition) is 0. The molecule has 3 aromatic carbocycles. The molecule has 0 saturated carbocycles. The highest BCUT2D eigenvalue weighted by atomic mass is 16.5. The van der Waals surface area contributed by atoms with Gasteiger partial charge >= 0.3 is 0 Å². The third kappa shape index (κ3) is 2.99. The molecule has 4 aromatic rings. The first-order chi connectivity index (χ1) is 13.6. The zero-order valence-corrected chi connectivity index (χ0v) is 16.0. The molecule has 28 heavy (non-hydrogen) atoms. The summed E-state index contributed by atoms with van der Waals surface area (Å²) in [6.07, 6.45) is 0. The van der Waals surface area contributed by atoms with Crippen molar-refractivity contribution in [2.75, 3.05) is 19.1 Å². The molecule has 6 heteroatoms. The quantitative estimate of drug-likeness (QED) is 0.543. The molecular formula is C22H20N4O2. The van der Waals surface area contributed by atoms with Crippen LogP contribution in [-0.4, -0.2) is 35.1 Å². The molecule has 0 radical (unpaired) electrons. The van der Waals surface area contributed by atoms with Crippen molar-refractivity contribution < 1.29 is 9.53 Å². The molecule has 0 unspecified atom stereocenters. The van der Waals surface area contributed by atoms with E-state index in [9.17, 15) is 4.79 Å². The average Bonchev–Trinajstić information content (AvgIpc) is 3.13. The first-order valence-corrected chi connectivity index (χ1v) is 8.92. The van der Waals surface area contributed by atoms with Gasteiger partial charge in [-0.05, 0) is 30.5 Å². The Balaban J connectivity index is 1.71. The summed E-state index contributed by atoms with van der Waals surface area (Å²) in [7, 11) is 3.37. The van der Waals surface area contributed by atoms with Crippen LogP contribution in [0.4, 0.5) is 5.69 Å². The lowest BCUT2D eigenvalue weighted by Crippen LogP contribution is -2.27. The number of ether oxygens (including phenoxy) is 1. The van der Waals surface area contributed by atoms with Gasteiger partial charge in [0.2, 0.25) is 0 Å². The van der Waals surface area contributed by atoms with Crippen molar-refractivity contribution in [3.8, 4) is 11.4 Å². The molecule has 140 valence electrons. The Hall–Kier alpha value is -3.67. The summed E-state index contributed by atoms with van der Waals surface area (Å²) < 4.78 is 6.92. The molecule has 4 rings (SSSR count). The van der Waals surface area contributed by atoms with Crippen molar-refractivity contribution in [2.45, 2.75) is 6.92 Å². The van der Waals surface area contributed by atoms with Gasteiger partial charge in [-0.1, -0.05) is 47.7 Å². The predicted molar refractivity (Wildman–Crippen MR) is 109 cm³/mol. The van der Waals surface area contributed by atoms with Crippen LogP contribution in [0.2, 0.25) is 0 Å². The van der Waals surface area contributed by atoms with E-state index in [4.69, 9.17) is 4.74 Å². The first-order valence-electron chi connectivity index (χ1n) is 8.92. The van der Waals surface area contributed by atoms with Gasteiger partial charge in [0.1, 0.15) is 5.75 Å². The molecule has 0 atom stereocenters. The third-order valence-electron chi connectivity index (χ3n) is 4.83. The maximum Gasteiger partial charge on any atom is 0.280 e. The maximum absolute atomic E-state index is 13.2. The second-order valence-electron chi connectivity index (χ2n) is 6.50. The molecule has 0 N–H and O–H groups in total. The van der Waals surface area contributed by atoms with Gasteiger partial charge < -0.3 is 9.64 Å². The number of nitrogens with zero attached hydrogens (tertiary/aromatic N) is 4. The van der Waals surface area contributed by atoms with E-state index in [1.54, 1.807) is 23.7 Å². The Labute approximate surface area is 163 Å². The molecule has 0 aliphatic heterocycles. The van der Waals surface area contributed by atoms with Crippen LogP contribution in [0.1, 0.15) is 16.2 Å². The van der Waals surface area contributed by atoms with Crippen LogP contribution in [0, 0.1) is 6.92 Å². The number of benzene rings is 3. The number of hydrogen-bond acceptors (Lipinski definition) is 4. The number of anilines is 1. The van der Waals surface area contributed by atoms with Gasteiger partial charge in [-0.15, -0.1) is 5.10 Å². The highest BCUT2D eigenvalue weighted by Crippen LogP contribution is 2.27. The lowest BCUT2D eigenvalue weighted by molar-refractivity contribution is 0.0988. The van der Waals surface area contributed by atoms with Crippen LogP contribution in [0.5, 0.6) is 5.75 Å². The number of aromatic nitrogens is 3. The summed E-state index contributed by atoms with van der Waals surface area (Å²) in [4.78, 5) is 14.8. The van der Waals surface area contributed by atoms with Gasteiger partial charge in [-0.3, -0.25) is 4.79 Å². The van der Waals surface area contributed by atoms with E-state index in [2.05, 4.69) is 10.3 Å². The fraction of sp³-hybridized carbons (Fsp3) is 0.136. The zero-order valence-electron chi connectivity index (χ0n) is 16.0. The summed E-state index contributed by atoms with van der Waals surface area (Å²) >= 11 is 0. The van der Waals surface area contributed by atoms with Gasteiger partial charge in [0.05, 0.1) is 24.2 Å². The standard InChI is InChI=1S/C22H20N4O2/c1-15-21(23-24-26(15)17-10-7-11-18(14-17)28-3)22(27)25(2)20-13-6-9-16-8-4-5-12-19(16)20/h4-14H,1-3H3. The molecule has 0 aliphatic carbocycles. The zero-order chi connectivity index (χ0) is 19.7. The van der Waals surface area contributed by atoms with E-state index in [1.165, 1.54) is 0 Å².